The van der Waals surface area contributed by atoms with Gasteiger partial charge >= 0.3 is 0 Å². The molecule has 0 aliphatic rings. The van der Waals surface area contributed by atoms with Gasteiger partial charge in [0.1, 0.15) is 5.82 Å². The molecule has 2 heterocycles. The van der Waals surface area contributed by atoms with Crippen molar-refractivity contribution in [1.29, 1.82) is 0 Å². The number of nitrogens with zero attached hydrogens (tertiary/aromatic N) is 3. The van der Waals surface area contributed by atoms with Gasteiger partial charge in [-0.25, -0.2) is 9.97 Å². The van der Waals surface area contributed by atoms with Gasteiger partial charge < -0.3 is 10.4 Å². The molecule has 0 fully saturated rings. The lowest BCUT2D eigenvalue weighted by Gasteiger charge is -2.23. The van der Waals surface area contributed by atoms with Crippen molar-refractivity contribution >= 4 is 17.6 Å². The number of thioether (sulfide) groups is 1. The standard InChI is InChI=1S/C16H22N4OS/c1-11-12(2)19-15(13-6-5-7-17-8-13)20-14(11)18-9-16(3,21)10-22-4/h5-8,21H,9-10H2,1-4H3,(H,18,19,20)/t16-/m1/s1. The summed E-state index contributed by atoms with van der Waals surface area (Å²) in [6.07, 6.45) is 5.45. The Kier molecular flexibility index (Phi) is 5.37. The zero-order chi connectivity index (χ0) is 16.2. The van der Waals surface area contributed by atoms with Crippen LogP contribution in [0.25, 0.3) is 11.4 Å². The largest absolute Gasteiger partial charge is 0.387 e. The molecule has 5 nitrogen and oxygen atoms in total. The van der Waals surface area contributed by atoms with E-state index in [2.05, 4.69) is 20.3 Å². The summed E-state index contributed by atoms with van der Waals surface area (Å²) in [7, 11) is 0. The summed E-state index contributed by atoms with van der Waals surface area (Å²) >= 11 is 1.62. The summed E-state index contributed by atoms with van der Waals surface area (Å²) in [6.45, 7) is 6.20. The first-order valence-electron chi connectivity index (χ1n) is 7.14. The van der Waals surface area contributed by atoms with Crippen molar-refractivity contribution in [3.8, 4) is 11.4 Å². The molecule has 0 amide bonds. The Labute approximate surface area is 135 Å². The highest BCUT2D eigenvalue weighted by Gasteiger charge is 2.20. The number of pyridine rings is 1. The summed E-state index contributed by atoms with van der Waals surface area (Å²) in [4.78, 5) is 13.2. The van der Waals surface area contributed by atoms with Gasteiger partial charge in [-0.2, -0.15) is 11.8 Å². The van der Waals surface area contributed by atoms with Gasteiger partial charge in [-0.15, -0.1) is 0 Å². The summed E-state index contributed by atoms with van der Waals surface area (Å²) in [6, 6.07) is 3.80. The number of aliphatic hydroxyl groups is 1. The van der Waals surface area contributed by atoms with E-state index < -0.39 is 5.60 Å². The Morgan fingerprint density at radius 1 is 1.32 bits per heavy atom. The first-order chi connectivity index (χ1) is 10.4. The van der Waals surface area contributed by atoms with Gasteiger partial charge in [0.2, 0.25) is 0 Å². The first-order valence-corrected chi connectivity index (χ1v) is 8.53. The van der Waals surface area contributed by atoms with Crippen LogP contribution in [0.4, 0.5) is 5.82 Å². The zero-order valence-electron chi connectivity index (χ0n) is 13.4. The average molecular weight is 318 g/mol. The van der Waals surface area contributed by atoms with Crippen LogP contribution in [0.1, 0.15) is 18.2 Å². The minimum atomic E-state index is -0.779. The maximum Gasteiger partial charge on any atom is 0.163 e. The number of hydrogen-bond donors (Lipinski definition) is 2. The average Bonchev–Trinajstić information content (AvgIpc) is 2.49. The molecule has 0 saturated heterocycles. The van der Waals surface area contributed by atoms with E-state index in [4.69, 9.17) is 0 Å². The fourth-order valence-corrected chi connectivity index (χ4v) is 2.79. The third-order valence-corrected chi connectivity index (χ3v) is 4.31. The Balaban J connectivity index is 2.26. The van der Waals surface area contributed by atoms with Gasteiger partial charge in [0, 0.05) is 41.5 Å². The third-order valence-electron chi connectivity index (χ3n) is 3.40. The summed E-state index contributed by atoms with van der Waals surface area (Å²) in [5, 5.41) is 13.5. The second-order valence-corrected chi connectivity index (χ2v) is 6.50. The molecule has 2 rings (SSSR count). The van der Waals surface area contributed by atoms with Crippen LogP contribution in [-0.4, -0.2) is 44.2 Å². The van der Waals surface area contributed by atoms with Crippen LogP contribution in [0, 0.1) is 13.8 Å². The molecule has 0 aliphatic heterocycles. The number of nitrogens with one attached hydrogen (secondary N) is 1. The molecule has 2 N–H and O–H groups in total. The van der Waals surface area contributed by atoms with E-state index in [0.29, 0.717) is 18.1 Å². The molecule has 6 heteroatoms. The van der Waals surface area contributed by atoms with Crippen LogP contribution in [0.2, 0.25) is 0 Å². The molecule has 0 unspecified atom stereocenters. The molecule has 2 aromatic heterocycles. The normalized spacial score (nSPS) is 13.7. The van der Waals surface area contributed by atoms with E-state index >= 15 is 0 Å². The summed E-state index contributed by atoms with van der Waals surface area (Å²) < 4.78 is 0. The SMILES string of the molecule is CSC[C@](C)(O)CNc1nc(-c2cccnc2)nc(C)c1C. The predicted octanol–water partition coefficient (Wildman–Crippen LogP) is 2.68. The van der Waals surface area contributed by atoms with Crippen LogP contribution in [-0.2, 0) is 0 Å². The molecule has 118 valence electrons. The topological polar surface area (TPSA) is 70.9 Å². The van der Waals surface area contributed by atoms with Gasteiger partial charge in [-0.1, -0.05) is 0 Å². The lowest BCUT2D eigenvalue weighted by Crippen LogP contribution is -2.36. The van der Waals surface area contributed by atoms with Crippen LogP contribution in [0.3, 0.4) is 0 Å². The number of anilines is 1. The highest BCUT2D eigenvalue weighted by Crippen LogP contribution is 2.22. The maximum absolute atomic E-state index is 10.3. The Bertz CT molecular complexity index is 632. The highest BCUT2D eigenvalue weighted by molar-refractivity contribution is 7.98. The van der Waals surface area contributed by atoms with E-state index in [1.54, 1.807) is 24.2 Å². The Hall–Kier alpha value is -1.66. The number of aryl methyl sites for hydroxylation is 1. The molecule has 0 aromatic carbocycles. The Morgan fingerprint density at radius 3 is 2.73 bits per heavy atom. The molecular weight excluding hydrogens is 296 g/mol. The molecule has 0 bridgehead atoms. The molecule has 0 spiro atoms. The van der Waals surface area contributed by atoms with Crippen molar-refractivity contribution in [2.24, 2.45) is 0 Å². The van der Waals surface area contributed by atoms with Crippen molar-refractivity contribution in [3.05, 3.63) is 35.8 Å². The molecule has 0 saturated carbocycles. The van der Waals surface area contributed by atoms with Crippen molar-refractivity contribution in [2.45, 2.75) is 26.4 Å². The molecule has 1 atom stereocenters. The minimum Gasteiger partial charge on any atom is -0.387 e. The first kappa shape index (κ1) is 16.7. The fourth-order valence-electron chi connectivity index (χ4n) is 2.06. The number of rotatable bonds is 6. The van der Waals surface area contributed by atoms with Gasteiger partial charge in [0.25, 0.3) is 0 Å². The van der Waals surface area contributed by atoms with Gasteiger partial charge in [-0.05, 0) is 39.2 Å². The lowest BCUT2D eigenvalue weighted by atomic mass is 10.1. The second kappa shape index (κ2) is 7.07. The minimum absolute atomic E-state index is 0.442. The highest BCUT2D eigenvalue weighted by atomic mass is 32.2. The molecule has 22 heavy (non-hydrogen) atoms. The van der Waals surface area contributed by atoms with E-state index in [-0.39, 0.29) is 0 Å². The van der Waals surface area contributed by atoms with Gasteiger partial charge in [0.15, 0.2) is 5.82 Å². The van der Waals surface area contributed by atoms with Crippen LogP contribution in [0.15, 0.2) is 24.5 Å². The van der Waals surface area contributed by atoms with Crippen molar-refractivity contribution in [2.75, 3.05) is 23.9 Å². The smallest absolute Gasteiger partial charge is 0.163 e. The predicted molar refractivity (Wildman–Crippen MR) is 92.2 cm³/mol. The number of hydrogen-bond acceptors (Lipinski definition) is 6. The third kappa shape index (κ3) is 4.18. The lowest BCUT2D eigenvalue weighted by molar-refractivity contribution is 0.0996. The van der Waals surface area contributed by atoms with Gasteiger partial charge in [0.05, 0.1) is 5.60 Å². The van der Waals surface area contributed by atoms with Gasteiger partial charge in [-0.3, -0.25) is 4.98 Å². The molecule has 2 aromatic rings. The Morgan fingerprint density at radius 2 is 2.09 bits per heavy atom. The fraction of sp³-hybridized carbons (Fsp3) is 0.438. The summed E-state index contributed by atoms with van der Waals surface area (Å²) in [5.74, 6) is 2.06. The van der Waals surface area contributed by atoms with E-state index in [1.165, 1.54) is 0 Å². The second-order valence-electron chi connectivity index (χ2n) is 5.63. The van der Waals surface area contributed by atoms with E-state index in [0.717, 1.165) is 22.6 Å². The maximum atomic E-state index is 10.3. The zero-order valence-corrected chi connectivity index (χ0v) is 14.2. The van der Waals surface area contributed by atoms with Crippen molar-refractivity contribution in [1.82, 2.24) is 15.0 Å². The van der Waals surface area contributed by atoms with Crippen molar-refractivity contribution < 1.29 is 5.11 Å². The molecule has 0 aliphatic carbocycles. The van der Waals surface area contributed by atoms with E-state index in [1.807, 2.05) is 39.2 Å². The van der Waals surface area contributed by atoms with Crippen LogP contribution >= 0.6 is 11.8 Å². The molecule has 0 radical (unpaired) electrons. The summed E-state index contributed by atoms with van der Waals surface area (Å²) in [5.41, 5.74) is 2.01. The quantitative estimate of drug-likeness (QED) is 0.853. The van der Waals surface area contributed by atoms with E-state index in [9.17, 15) is 5.11 Å². The van der Waals surface area contributed by atoms with Crippen LogP contribution in [0.5, 0.6) is 0 Å². The molecular formula is C16H22N4OS. The monoisotopic (exact) mass is 318 g/mol. The number of aromatic nitrogens is 3. The van der Waals surface area contributed by atoms with Crippen LogP contribution < -0.4 is 5.32 Å². The van der Waals surface area contributed by atoms with Crippen molar-refractivity contribution in [3.63, 3.8) is 0 Å².